The lowest BCUT2D eigenvalue weighted by Gasteiger charge is -2.09. The summed E-state index contributed by atoms with van der Waals surface area (Å²) in [6.07, 6.45) is 0.467. The summed E-state index contributed by atoms with van der Waals surface area (Å²) in [5, 5.41) is 0.909. The molecule has 1 aliphatic rings. The molecule has 1 aromatic heterocycles. The number of carbonyl (C=O) groups excluding carboxylic acids is 1. The number of aryl methyl sites for hydroxylation is 1. The molecule has 2 heterocycles. The Hall–Kier alpha value is -2.01. The Balaban J connectivity index is 2.14. The third-order valence-corrected chi connectivity index (χ3v) is 3.23. The van der Waals surface area contributed by atoms with Gasteiger partial charge in [0, 0.05) is 26.3 Å². The topological polar surface area (TPSA) is 57.4 Å². The summed E-state index contributed by atoms with van der Waals surface area (Å²) < 4.78 is 62.0. The molecule has 1 aliphatic heterocycles. The van der Waals surface area contributed by atoms with E-state index in [-0.39, 0.29) is 54.0 Å². The number of carbonyl (C=O) groups is 1. The van der Waals surface area contributed by atoms with E-state index in [2.05, 4.69) is 0 Å². The number of likely N-dealkylation sites (N-methyl/N-ethyl adjacent to an activating group) is 1. The Morgan fingerprint density at radius 2 is 2.43 bits per heavy atom. The van der Waals surface area contributed by atoms with Crippen LogP contribution in [0.2, 0.25) is 2.82 Å². The maximum Gasteiger partial charge on any atom is 0.407 e. The molecule has 0 radical (unpaired) electrons. The molecule has 5 heteroatoms. The fraction of sp³-hybridized carbons (Fsp3) is 0.438. The highest BCUT2D eigenvalue weighted by atomic mass is 16.6. The fourth-order valence-electron chi connectivity index (χ4n) is 2.19. The first-order chi connectivity index (χ1) is 13.0. The highest BCUT2D eigenvalue weighted by Gasteiger charge is 2.22. The Morgan fingerprint density at radius 1 is 1.57 bits per heavy atom. The Bertz CT molecular complexity index is 944. The van der Waals surface area contributed by atoms with Crippen LogP contribution in [0, 0.1) is 0 Å². The molecule has 1 aromatic carbocycles. The van der Waals surface area contributed by atoms with Crippen molar-refractivity contribution in [2.24, 2.45) is 0 Å². The number of alkyl carbamates (subject to hydrolysis) is 1. The van der Waals surface area contributed by atoms with Crippen molar-refractivity contribution in [1.82, 2.24) is 15.2 Å². The standard InChI is InChI=1S/C16H21N3O2/c1-19(2)6-5-12-9-17-15-4-3-11(8-14(12)15)7-13-10-21-16(20)18-13/h3-4,8-9,13,17H,5-7,10H2,1-2H3,(H,18,20)/t13-/m0/s1/i3D,4D,6D2,8D/hD2. The number of H-pyrrole nitrogens is 1. The van der Waals surface area contributed by atoms with Crippen molar-refractivity contribution in [3.8, 4) is 0 Å². The normalized spacial score (nSPS) is 24.1. The highest BCUT2D eigenvalue weighted by molar-refractivity contribution is 5.84. The van der Waals surface area contributed by atoms with Crippen LogP contribution in [0.4, 0.5) is 4.79 Å². The maximum atomic E-state index is 11.4. The van der Waals surface area contributed by atoms with Gasteiger partial charge in [-0.15, -0.1) is 0 Å². The quantitative estimate of drug-likeness (QED) is 0.886. The zero-order valence-corrected chi connectivity index (χ0v) is 11.9. The fourth-order valence-corrected chi connectivity index (χ4v) is 2.19. The van der Waals surface area contributed by atoms with E-state index in [1.807, 2.05) is 0 Å². The van der Waals surface area contributed by atoms with Crippen LogP contribution >= 0.6 is 0 Å². The molecule has 3 rings (SSSR count). The van der Waals surface area contributed by atoms with Crippen molar-refractivity contribution in [2.75, 3.05) is 27.2 Å². The molecule has 0 unspecified atom stereocenters. The lowest BCUT2D eigenvalue weighted by atomic mass is 10.0. The van der Waals surface area contributed by atoms with E-state index in [4.69, 9.17) is 14.4 Å². The Kier molecular flexibility index (Phi) is 2.16. The first-order valence-electron chi connectivity index (χ1n) is 10.1. The van der Waals surface area contributed by atoms with E-state index in [0.29, 0.717) is 10.9 Å². The van der Waals surface area contributed by atoms with Crippen molar-refractivity contribution < 1.29 is 19.2 Å². The molecule has 1 atom stereocenters. The second-order valence-corrected chi connectivity index (χ2v) is 5.15. The number of hydrogen-bond donors (Lipinski definition) is 2. The number of benzene rings is 1. The molecule has 1 fully saturated rings. The Morgan fingerprint density at radius 3 is 3.14 bits per heavy atom. The SMILES string of the molecule is [2H]c1c(C[C@H]2COC(=O)N2[2H])c([2H])c2c(CC([2H])([2H])N(C)C)cn([2H])c2c1[2H]. The molecule has 1 amide bonds. The van der Waals surface area contributed by atoms with Crippen LogP contribution < -0.4 is 5.31 Å². The molecule has 0 spiro atoms. The van der Waals surface area contributed by atoms with E-state index in [9.17, 15) is 4.79 Å². The summed E-state index contributed by atoms with van der Waals surface area (Å²) in [4.78, 5) is 13.7. The van der Waals surface area contributed by atoms with Crippen LogP contribution in [-0.4, -0.2) is 49.2 Å². The van der Waals surface area contributed by atoms with Crippen molar-refractivity contribution in [3.63, 3.8) is 0 Å². The van der Waals surface area contributed by atoms with Crippen LogP contribution in [0.1, 0.15) is 18.0 Å². The summed E-state index contributed by atoms with van der Waals surface area (Å²) >= 11 is 0. The number of nitrogens with zero attached hydrogens (tertiary/aromatic N) is 1. The van der Waals surface area contributed by atoms with Crippen LogP contribution in [0.15, 0.2) is 24.3 Å². The monoisotopic (exact) mass is 294 g/mol. The number of amides is 1. The van der Waals surface area contributed by atoms with E-state index in [0.717, 1.165) is 4.98 Å². The summed E-state index contributed by atoms with van der Waals surface area (Å²) in [5.41, 5.74) is 0.644. The predicted octanol–water partition coefficient (Wildman–Crippen LogP) is 1.92. The van der Waals surface area contributed by atoms with Gasteiger partial charge in [-0.2, -0.15) is 0 Å². The zero-order valence-electron chi connectivity index (χ0n) is 18.9. The third-order valence-electron chi connectivity index (χ3n) is 3.23. The van der Waals surface area contributed by atoms with Gasteiger partial charge in [0.15, 0.2) is 2.82 Å². The average Bonchev–Trinajstić information content (AvgIpc) is 3.09. The zero-order chi connectivity index (χ0) is 21.0. The van der Waals surface area contributed by atoms with E-state index in [1.165, 1.54) is 11.1 Å². The number of aromatic nitrogens is 1. The van der Waals surface area contributed by atoms with Crippen molar-refractivity contribution in [2.45, 2.75) is 18.9 Å². The number of ether oxygens (including phenoxy) is 1. The van der Waals surface area contributed by atoms with Gasteiger partial charge in [0.25, 0.3) is 0 Å². The van der Waals surface area contributed by atoms with Gasteiger partial charge in [-0.05, 0) is 50.1 Å². The van der Waals surface area contributed by atoms with Gasteiger partial charge in [-0.25, -0.2) is 4.79 Å². The molecule has 21 heavy (non-hydrogen) atoms. The third kappa shape index (κ3) is 3.19. The van der Waals surface area contributed by atoms with Crippen LogP contribution in [0.3, 0.4) is 0 Å². The highest BCUT2D eigenvalue weighted by Crippen LogP contribution is 2.21. The molecule has 1 saturated heterocycles. The number of hydrogen-bond acceptors (Lipinski definition) is 3. The van der Waals surface area contributed by atoms with E-state index >= 15 is 0 Å². The van der Waals surface area contributed by atoms with Gasteiger partial charge in [-0.3, -0.25) is 0 Å². The minimum absolute atomic E-state index is 0.00206. The Labute approximate surface area is 134 Å². The molecular weight excluding hydrogens is 266 g/mol. The molecule has 2 aromatic rings. The summed E-state index contributed by atoms with van der Waals surface area (Å²) in [7, 11) is 3.18. The number of cyclic esters (lactones) is 1. The van der Waals surface area contributed by atoms with Gasteiger partial charge >= 0.3 is 6.09 Å². The molecule has 112 valence electrons. The van der Waals surface area contributed by atoms with Crippen LogP contribution in [0.5, 0.6) is 0 Å². The van der Waals surface area contributed by atoms with Gasteiger partial charge in [-0.1, -0.05) is 6.04 Å². The molecule has 5 nitrogen and oxygen atoms in total. The smallest absolute Gasteiger partial charge is 0.407 e. The van der Waals surface area contributed by atoms with Gasteiger partial charge < -0.3 is 19.9 Å². The second kappa shape index (κ2) is 5.77. The largest absolute Gasteiger partial charge is 0.447 e. The maximum absolute atomic E-state index is 11.4. The van der Waals surface area contributed by atoms with Crippen LogP contribution in [0.25, 0.3) is 10.9 Å². The molecule has 0 bridgehead atoms. The van der Waals surface area contributed by atoms with Crippen molar-refractivity contribution in [1.29, 1.82) is 0 Å². The molecule has 0 aliphatic carbocycles. The van der Waals surface area contributed by atoms with Crippen molar-refractivity contribution >= 4 is 17.0 Å². The van der Waals surface area contributed by atoms with Crippen LogP contribution in [-0.2, 0) is 17.6 Å². The minimum Gasteiger partial charge on any atom is -0.447 e. The number of nitrogens with one attached hydrogen (secondary N) is 2. The molecule has 0 saturated carbocycles. The first-order valence-corrected chi connectivity index (χ1v) is 6.69. The first kappa shape index (κ1) is 7.84. The van der Waals surface area contributed by atoms with Gasteiger partial charge in [0.1, 0.15) is 6.61 Å². The number of fused-ring (bicyclic) bond motifs is 1. The molecule has 2 N–H and O–H groups in total. The number of aromatic amines is 1. The minimum atomic E-state index is -1.73. The lowest BCUT2D eigenvalue weighted by molar-refractivity contribution is 0.177. The lowest BCUT2D eigenvalue weighted by Crippen LogP contribution is -2.28. The van der Waals surface area contributed by atoms with E-state index < -0.39 is 18.6 Å². The average molecular weight is 294 g/mol. The summed E-state index contributed by atoms with van der Waals surface area (Å²) in [6.45, 7) is -1.77. The molecular formula is C16H21N3O2. The van der Waals surface area contributed by atoms with Gasteiger partial charge in [0.2, 0.25) is 0 Å². The van der Waals surface area contributed by atoms with E-state index in [1.54, 1.807) is 14.1 Å². The summed E-state index contributed by atoms with van der Waals surface area (Å²) in [6, 6.07) is -1.24. The summed E-state index contributed by atoms with van der Waals surface area (Å²) in [5.74, 6) is 0. The van der Waals surface area contributed by atoms with Gasteiger partial charge in [0.05, 0.1) is 10.2 Å². The number of rotatable bonds is 5. The van der Waals surface area contributed by atoms with Crippen molar-refractivity contribution in [3.05, 3.63) is 35.5 Å². The second-order valence-electron chi connectivity index (χ2n) is 5.15. The predicted molar refractivity (Wildman–Crippen MR) is 82.5 cm³/mol.